The Morgan fingerprint density at radius 1 is 1.15 bits per heavy atom. The van der Waals surface area contributed by atoms with Gasteiger partial charge in [0.1, 0.15) is 11.5 Å². The van der Waals surface area contributed by atoms with Gasteiger partial charge in [-0.3, -0.25) is 0 Å². The zero-order valence-electron chi connectivity index (χ0n) is 15.5. The molecule has 0 fully saturated rings. The van der Waals surface area contributed by atoms with E-state index in [1.165, 1.54) is 11.3 Å². The third kappa shape index (κ3) is 2.25. The maximum Gasteiger partial charge on any atom is 0.212 e. The molecule has 0 amide bonds. The molecule has 2 aromatic rings. The first-order chi connectivity index (χ1) is 12.5. The first kappa shape index (κ1) is 17.0. The number of aliphatic hydroxyl groups is 1. The molecule has 1 N–H and O–H groups in total. The van der Waals surface area contributed by atoms with Crippen LogP contribution < -0.4 is 14.4 Å². The first-order valence-electron chi connectivity index (χ1n) is 9.08. The number of nitrogens with zero attached hydrogens (tertiary/aromatic N) is 1. The van der Waals surface area contributed by atoms with E-state index in [0.29, 0.717) is 6.42 Å². The molecular weight excluding hydrogens is 326 g/mol. The van der Waals surface area contributed by atoms with E-state index in [4.69, 9.17) is 9.47 Å². The van der Waals surface area contributed by atoms with Gasteiger partial charge >= 0.3 is 0 Å². The lowest BCUT2D eigenvalue weighted by Crippen LogP contribution is -2.59. The van der Waals surface area contributed by atoms with Crippen LogP contribution in [0.25, 0.3) is 6.08 Å². The number of rotatable bonds is 4. The van der Waals surface area contributed by atoms with Crippen LogP contribution in [0.5, 0.6) is 11.5 Å². The van der Waals surface area contributed by atoms with E-state index in [1.807, 2.05) is 18.2 Å². The van der Waals surface area contributed by atoms with Crippen molar-refractivity contribution in [2.45, 2.75) is 31.4 Å². The van der Waals surface area contributed by atoms with E-state index in [9.17, 15) is 5.11 Å². The fourth-order valence-corrected chi connectivity index (χ4v) is 4.22. The molecule has 1 unspecified atom stereocenters. The quantitative estimate of drug-likeness (QED) is 0.905. The Kier molecular flexibility index (Phi) is 3.96. The Hall–Kier alpha value is -2.46. The zero-order valence-corrected chi connectivity index (χ0v) is 15.5. The minimum absolute atomic E-state index is 0.159. The predicted octanol–water partition coefficient (Wildman–Crippen LogP) is 3.98. The summed E-state index contributed by atoms with van der Waals surface area (Å²) in [6.07, 6.45) is 4.98. The Balaban J connectivity index is 1.84. The van der Waals surface area contributed by atoms with E-state index in [1.54, 1.807) is 7.11 Å². The molecule has 2 heterocycles. The minimum atomic E-state index is -0.618. The van der Waals surface area contributed by atoms with E-state index >= 15 is 0 Å². The van der Waals surface area contributed by atoms with E-state index in [2.05, 4.69) is 55.2 Å². The molecule has 2 aromatic carbocycles. The van der Waals surface area contributed by atoms with Gasteiger partial charge in [0.25, 0.3) is 0 Å². The molecule has 0 radical (unpaired) electrons. The van der Waals surface area contributed by atoms with Crippen LogP contribution in [0, 0.1) is 0 Å². The second-order valence-corrected chi connectivity index (χ2v) is 7.41. The Morgan fingerprint density at radius 3 is 2.73 bits per heavy atom. The van der Waals surface area contributed by atoms with Gasteiger partial charge < -0.3 is 19.5 Å². The van der Waals surface area contributed by atoms with Crippen LogP contribution in [0.1, 0.15) is 31.4 Å². The Labute approximate surface area is 154 Å². The summed E-state index contributed by atoms with van der Waals surface area (Å²) in [7, 11) is 1.67. The molecule has 0 saturated heterocycles. The number of methoxy groups -OCH3 is 1. The number of ether oxygens (including phenoxy) is 2. The van der Waals surface area contributed by atoms with Gasteiger partial charge in [0.2, 0.25) is 5.72 Å². The Bertz CT molecular complexity index is 858. The highest BCUT2D eigenvalue weighted by Crippen LogP contribution is 2.54. The number of para-hydroxylation sites is 1. The van der Waals surface area contributed by atoms with Crippen LogP contribution in [0.2, 0.25) is 0 Å². The summed E-state index contributed by atoms with van der Waals surface area (Å²) in [4.78, 5) is 2.29. The number of fused-ring (bicyclic) bond motifs is 2. The highest BCUT2D eigenvalue weighted by molar-refractivity contribution is 5.72. The van der Waals surface area contributed by atoms with Crippen molar-refractivity contribution in [3.63, 3.8) is 0 Å². The normalized spacial score (nSPS) is 22.1. The summed E-state index contributed by atoms with van der Waals surface area (Å²) in [5.41, 5.74) is 2.59. The predicted molar refractivity (Wildman–Crippen MR) is 104 cm³/mol. The van der Waals surface area contributed by atoms with E-state index in [-0.39, 0.29) is 12.0 Å². The second-order valence-electron chi connectivity index (χ2n) is 7.41. The number of hydrogen-bond acceptors (Lipinski definition) is 4. The molecule has 2 aliphatic rings. The van der Waals surface area contributed by atoms with Gasteiger partial charge in [-0.1, -0.05) is 18.2 Å². The van der Waals surface area contributed by atoms with Crippen LogP contribution in [-0.2, 0) is 5.41 Å². The molecule has 4 nitrogen and oxygen atoms in total. The molecule has 1 atom stereocenters. The molecule has 4 rings (SSSR count). The molecule has 0 aliphatic carbocycles. The smallest absolute Gasteiger partial charge is 0.212 e. The van der Waals surface area contributed by atoms with Crippen LogP contribution in [0.4, 0.5) is 5.69 Å². The molecule has 1 spiro atoms. The van der Waals surface area contributed by atoms with Crippen LogP contribution in [0.15, 0.2) is 48.5 Å². The maximum atomic E-state index is 9.41. The third-order valence-electron chi connectivity index (χ3n) is 5.68. The van der Waals surface area contributed by atoms with Crippen LogP contribution >= 0.6 is 0 Å². The van der Waals surface area contributed by atoms with Crippen molar-refractivity contribution < 1.29 is 14.6 Å². The lowest BCUT2D eigenvalue weighted by molar-refractivity contribution is 0.0524. The number of benzene rings is 2. The second kappa shape index (κ2) is 6.06. The van der Waals surface area contributed by atoms with Crippen molar-refractivity contribution in [2.24, 2.45) is 0 Å². The first-order valence-corrected chi connectivity index (χ1v) is 9.08. The summed E-state index contributed by atoms with van der Waals surface area (Å²) < 4.78 is 12.0. The number of anilines is 1. The SMILES string of the molecule is COc1ccc2c(c1)C=CC1(O2)N(CCCO)c2ccccc2C1(C)C. The van der Waals surface area contributed by atoms with Crippen LogP contribution in [0.3, 0.4) is 0 Å². The summed E-state index contributed by atoms with van der Waals surface area (Å²) in [5, 5.41) is 9.41. The van der Waals surface area contributed by atoms with Gasteiger partial charge in [0.05, 0.1) is 12.5 Å². The van der Waals surface area contributed by atoms with Crippen molar-refractivity contribution in [3.8, 4) is 11.5 Å². The van der Waals surface area contributed by atoms with Gasteiger partial charge in [0, 0.05) is 24.4 Å². The highest BCUT2D eigenvalue weighted by atomic mass is 16.5. The average Bonchev–Trinajstić information content (AvgIpc) is 2.84. The summed E-state index contributed by atoms with van der Waals surface area (Å²) in [6.45, 7) is 5.34. The van der Waals surface area contributed by atoms with Crippen molar-refractivity contribution in [1.82, 2.24) is 0 Å². The van der Waals surface area contributed by atoms with Gasteiger partial charge in [-0.25, -0.2) is 0 Å². The minimum Gasteiger partial charge on any atom is -0.497 e. The fourth-order valence-electron chi connectivity index (χ4n) is 4.22. The summed E-state index contributed by atoms with van der Waals surface area (Å²) >= 11 is 0. The van der Waals surface area contributed by atoms with Gasteiger partial charge in [-0.2, -0.15) is 0 Å². The molecule has 4 heteroatoms. The van der Waals surface area contributed by atoms with Gasteiger partial charge in [-0.05, 0) is 62.2 Å². The van der Waals surface area contributed by atoms with E-state index < -0.39 is 5.72 Å². The maximum absolute atomic E-state index is 9.41. The number of aliphatic hydroxyl groups excluding tert-OH is 1. The standard InChI is InChI=1S/C22H25NO3/c1-21(2)18-7-4-5-8-19(18)23(13-6-14-24)22(21)12-11-16-15-17(25-3)9-10-20(16)26-22/h4-5,7-12,15,24H,6,13-14H2,1-3H3. The van der Waals surface area contributed by atoms with E-state index in [0.717, 1.165) is 23.6 Å². The topological polar surface area (TPSA) is 41.9 Å². The molecule has 0 saturated carbocycles. The fraction of sp³-hybridized carbons (Fsp3) is 0.364. The van der Waals surface area contributed by atoms with Crippen LogP contribution in [-0.4, -0.2) is 31.1 Å². The summed E-state index contributed by atoms with van der Waals surface area (Å²) in [6, 6.07) is 14.4. The highest BCUT2D eigenvalue weighted by Gasteiger charge is 2.58. The zero-order chi connectivity index (χ0) is 18.4. The monoisotopic (exact) mass is 351 g/mol. The molecule has 0 bridgehead atoms. The average molecular weight is 351 g/mol. The molecule has 2 aliphatic heterocycles. The summed E-state index contributed by atoms with van der Waals surface area (Å²) in [5.74, 6) is 1.67. The van der Waals surface area contributed by atoms with Crippen molar-refractivity contribution >= 4 is 11.8 Å². The molecule has 136 valence electrons. The lowest BCUT2D eigenvalue weighted by atomic mass is 9.76. The molecule has 26 heavy (non-hydrogen) atoms. The Morgan fingerprint density at radius 2 is 1.96 bits per heavy atom. The van der Waals surface area contributed by atoms with Gasteiger partial charge in [-0.15, -0.1) is 0 Å². The molecule has 0 aromatic heterocycles. The third-order valence-corrected chi connectivity index (χ3v) is 5.68. The lowest BCUT2D eigenvalue weighted by Gasteiger charge is -2.47. The largest absolute Gasteiger partial charge is 0.497 e. The van der Waals surface area contributed by atoms with Crippen molar-refractivity contribution in [1.29, 1.82) is 0 Å². The van der Waals surface area contributed by atoms with Crippen molar-refractivity contribution in [2.75, 3.05) is 25.2 Å². The number of hydrogen-bond donors (Lipinski definition) is 1. The van der Waals surface area contributed by atoms with Gasteiger partial charge in [0.15, 0.2) is 0 Å². The van der Waals surface area contributed by atoms with Crippen molar-refractivity contribution in [3.05, 3.63) is 59.7 Å². The molecular formula is C22H25NO3.